The third-order valence-corrected chi connectivity index (χ3v) is 4.95. The third kappa shape index (κ3) is 2.49. The van der Waals surface area contributed by atoms with Gasteiger partial charge in [0.2, 0.25) is 0 Å². The second kappa shape index (κ2) is 4.41. The molecular weight excluding hydrogens is 286 g/mol. The third-order valence-electron chi connectivity index (χ3n) is 3.55. The second-order valence-electron chi connectivity index (χ2n) is 6.75. The van der Waals surface area contributed by atoms with Gasteiger partial charge in [0.1, 0.15) is 0 Å². The standard InChI is InChI=1S/C16H22BrN/c1-15(2,3)12-6-7-13-11(8-12)9-14(18-13)16(4,5)10-17/h6-9,18H,10H2,1-5H3. The highest BCUT2D eigenvalue weighted by atomic mass is 79.9. The molecule has 0 radical (unpaired) electrons. The van der Waals surface area contributed by atoms with Gasteiger partial charge in [-0.05, 0) is 34.6 Å². The SMILES string of the molecule is CC(C)(C)c1ccc2[nH]c(C(C)(C)CBr)cc2c1. The topological polar surface area (TPSA) is 15.8 Å². The first kappa shape index (κ1) is 13.7. The Bertz CT molecular complexity index is 558. The van der Waals surface area contributed by atoms with E-state index in [2.05, 4.69) is 79.8 Å². The highest BCUT2D eigenvalue weighted by Gasteiger charge is 2.22. The molecule has 0 bridgehead atoms. The van der Waals surface area contributed by atoms with E-state index in [1.807, 2.05) is 0 Å². The monoisotopic (exact) mass is 307 g/mol. The van der Waals surface area contributed by atoms with Gasteiger partial charge in [-0.25, -0.2) is 0 Å². The van der Waals surface area contributed by atoms with Gasteiger partial charge in [0, 0.05) is 22.0 Å². The van der Waals surface area contributed by atoms with Crippen LogP contribution in [-0.2, 0) is 10.8 Å². The molecule has 1 aromatic carbocycles. The molecule has 0 amide bonds. The average molecular weight is 308 g/mol. The molecule has 0 saturated heterocycles. The van der Waals surface area contributed by atoms with Crippen LogP contribution in [0.1, 0.15) is 45.9 Å². The molecule has 2 aromatic rings. The Morgan fingerprint density at radius 3 is 2.28 bits per heavy atom. The number of hydrogen-bond donors (Lipinski definition) is 1. The molecule has 0 aliphatic rings. The predicted octanol–water partition coefficient (Wildman–Crippen LogP) is 5.14. The van der Waals surface area contributed by atoms with Crippen molar-refractivity contribution in [1.29, 1.82) is 0 Å². The molecule has 1 nitrogen and oxygen atoms in total. The number of nitrogens with one attached hydrogen (secondary N) is 1. The second-order valence-corrected chi connectivity index (χ2v) is 7.31. The van der Waals surface area contributed by atoms with Crippen LogP contribution in [0.2, 0.25) is 0 Å². The van der Waals surface area contributed by atoms with Crippen molar-refractivity contribution in [1.82, 2.24) is 4.98 Å². The molecule has 0 spiro atoms. The molecule has 0 aliphatic heterocycles. The molecular formula is C16H22BrN. The molecule has 98 valence electrons. The Hall–Kier alpha value is -0.760. The quantitative estimate of drug-likeness (QED) is 0.740. The van der Waals surface area contributed by atoms with Crippen LogP contribution in [0.3, 0.4) is 0 Å². The van der Waals surface area contributed by atoms with E-state index < -0.39 is 0 Å². The van der Waals surface area contributed by atoms with Crippen LogP contribution in [0.25, 0.3) is 10.9 Å². The van der Waals surface area contributed by atoms with Crippen molar-refractivity contribution < 1.29 is 0 Å². The van der Waals surface area contributed by atoms with Crippen molar-refractivity contribution in [3.05, 3.63) is 35.5 Å². The summed E-state index contributed by atoms with van der Waals surface area (Å²) in [4.78, 5) is 3.54. The molecule has 2 heteroatoms. The smallest absolute Gasteiger partial charge is 0.0456 e. The van der Waals surface area contributed by atoms with Gasteiger partial charge in [0.15, 0.2) is 0 Å². The van der Waals surface area contributed by atoms with Crippen molar-refractivity contribution in [3.8, 4) is 0 Å². The zero-order valence-electron chi connectivity index (χ0n) is 11.9. The number of benzene rings is 1. The number of alkyl halides is 1. The number of aromatic nitrogens is 1. The van der Waals surface area contributed by atoms with Crippen LogP contribution in [0.4, 0.5) is 0 Å². The molecule has 0 unspecified atom stereocenters. The van der Waals surface area contributed by atoms with Gasteiger partial charge < -0.3 is 4.98 Å². The van der Waals surface area contributed by atoms with Crippen molar-refractivity contribution in [3.63, 3.8) is 0 Å². The molecule has 2 rings (SSSR count). The van der Waals surface area contributed by atoms with E-state index in [4.69, 9.17) is 0 Å². The highest BCUT2D eigenvalue weighted by molar-refractivity contribution is 9.09. The fraction of sp³-hybridized carbons (Fsp3) is 0.500. The Morgan fingerprint density at radius 1 is 1.06 bits per heavy atom. The minimum atomic E-state index is 0.140. The van der Waals surface area contributed by atoms with Crippen molar-refractivity contribution >= 4 is 26.8 Å². The summed E-state index contributed by atoms with van der Waals surface area (Å²) in [7, 11) is 0. The minimum Gasteiger partial charge on any atom is -0.358 e. The Kier molecular flexibility index (Phi) is 3.35. The molecule has 1 aromatic heterocycles. The molecule has 0 aliphatic carbocycles. The van der Waals surface area contributed by atoms with E-state index >= 15 is 0 Å². The summed E-state index contributed by atoms with van der Waals surface area (Å²) in [6, 6.07) is 9.01. The summed E-state index contributed by atoms with van der Waals surface area (Å²) >= 11 is 3.59. The van der Waals surface area contributed by atoms with Crippen LogP contribution in [-0.4, -0.2) is 10.3 Å². The maximum Gasteiger partial charge on any atom is 0.0456 e. The predicted molar refractivity (Wildman–Crippen MR) is 83.8 cm³/mol. The largest absolute Gasteiger partial charge is 0.358 e. The molecule has 18 heavy (non-hydrogen) atoms. The van der Waals surface area contributed by atoms with Crippen LogP contribution in [0.15, 0.2) is 24.3 Å². The fourth-order valence-corrected chi connectivity index (χ4v) is 2.34. The number of hydrogen-bond acceptors (Lipinski definition) is 0. The maximum atomic E-state index is 3.59. The first-order valence-corrected chi connectivity index (χ1v) is 7.56. The maximum absolute atomic E-state index is 3.59. The number of fused-ring (bicyclic) bond motifs is 1. The summed E-state index contributed by atoms with van der Waals surface area (Å²) in [6.45, 7) is 11.3. The van der Waals surface area contributed by atoms with Crippen molar-refractivity contribution in [2.75, 3.05) is 5.33 Å². The number of rotatable bonds is 2. The lowest BCUT2D eigenvalue weighted by Crippen LogP contribution is -2.18. The normalized spacial score (nSPS) is 13.2. The summed E-state index contributed by atoms with van der Waals surface area (Å²) < 4.78 is 0. The van der Waals surface area contributed by atoms with Gasteiger partial charge in [-0.1, -0.05) is 56.6 Å². The van der Waals surface area contributed by atoms with Crippen LogP contribution in [0.5, 0.6) is 0 Å². The average Bonchev–Trinajstić information content (AvgIpc) is 2.71. The molecule has 0 atom stereocenters. The summed E-state index contributed by atoms with van der Waals surface area (Å²) in [5, 5.41) is 2.27. The van der Waals surface area contributed by atoms with Gasteiger partial charge in [0.25, 0.3) is 0 Å². The minimum absolute atomic E-state index is 0.140. The Labute approximate surface area is 118 Å². The lowest BCUT2D eigenvalue weighted by Gasteiger charge is -2.19. The number of aromatic amines is 1. The van der Waals surface area contributed by atoms with Crippen LogP contribution < -0.4 is 0 Å². The van der Waals surface area contributed by atoms with Gasteiger partial charge in [-0.3, -0.25) is 0 Å². The van der Waals surface area contributed by atoms with E-state index in [-0.39, 0.29) is 10.8 Å². The summed E-state index contributed by atoms with van der Waals surface area (Å²) in [5.74, 6) is 0. The lowest BCUT2D eigenvalue weighted by atomic mass is 9.86. The zero-order valence-corrected chi connectivity index (χ0v) is 13.5. The summed E-state index contributed by atoms with van der Waals surface area (Å²) in [5.41, 5.74) is 4.25. The molecule has 1 N–H and O–H groups in total. The molecule has 1 heterocycles. The molecule has 0 saturated carbocycles. The van der Waals surface area contributed by atoms with E-state index in [0.29, 0.717) is 0 Å². The summed E-state index contributed by atoms with van der Waals surface area (Å²) in [6.07, 6.45) is 0. The lowest BCUT2D eigenvalue weighted by molar-refractivity contribution is 0.590. The first-order chi connectivity index (χ1) is 8.24. The zero-order chi connectivity index (χ0) is 13.6. The molecule has 0 fully saturated rings. The van der Waals surface area contributed by atoms with Gasteiger partial charge >= 0.3 is 0 Å². The van der Waals surface area contributed by atoms with Gasteiger partial charge in [-0.15, -0.1) is 0 Å². The van der Waals surface area contributed by atoms with Crippen LogP contribution >= 0.6 is 15.9 Å². The number of H-pyrrole nitrogens is 1. The van der Waals surface area contributed by atoms with E-state index in [0.717, 1.165) is 5.33 Å². The van der Waals surface area contributed by atoms with Crippen molar-refractivity contribution in [2.24, 2.45) is 0 Å². The Morgan fingerprint density at radius 2 is 1.72 bits per heavy atom. The Balaban J connectivity index is 2.53. The first-order valence-electron chi connectivity index (χ1n) is 6.44. The van der Waals surface area contributed by atoms with Gasteiger partial charge in [-0.2, -0.15) is 0 Å². The van der Waals surface area contributed by atoms with E-state index in [1.165, 1.54) is 22.2 Å². The van der Waals surface area contributed by atoms with E-state index in [9.17, 15) is 0 Å². The van der Waals surface area contributed by atoms with Gasteiger partial charge in [0.05, 0.1) is 0 Å². The van der Waals surface area contributed by atoms with Crippen molar-refractivity contribution in [2.45, 2.75) is 45.4 Å². The highest BCUT2D eigenvalue weighted by Crippen LogP contribution is 2.31. The number of halogens is 1. The fourth-order valence-electron chi connectivity index (χ4n) is 2.04. The van der Waals surface area contributed by atoms with Crippen LogP contribution in [0, 0.1) is 0 Å². The van der Waals surface area contributed by atoms with E-state index in [1.54, 1.807) is 0 Å².